The molecule has 1 aliphatic carbocycles. The zero-order valence-corrected chi connectivity index (χ0v) is 18.9. The van der Waals surface area contributed by atoms with Gasteiger partial charge in [-0.3, -0.25) is 4.79 Å². The van der Waals surface area contributed by atoms with Gasteiger partial charge in [0.1, 0.15) is 17.3 Å². The van der Waals surface area contributed by atoms with Crippen LogP contribution in [-0.4, -0.2) is 37.9 Å². The predicted molar refractivity (Wildman–Crippen MR) is 125 cm³/mol. The summed E-state index contributed by atoms with van der Waals surface area (Å²) in [6, 6.07) is 6.03. The maximum atomic E-state index is 12.7. The number of allylic oxidation sites excluding steroid dienone is 2. The maximum absolute atomic E-state index is 12.7. The number of aromatic nitrogens is 2. The lowest BCUT2D eigenvalue weighted by molar-refractivity contribution is 0.387. The van der Waals surface area contributed by atoms with E-state index in [9.17, 15) is 4.79 Å². The lowest BCUT2D eigenvalue weighted by atomic mass is 9.90. The Morgan fingerprint density at radius 2 is 1.77 bits per heavy atom. The molecule has 6 nitrogen and oxygen atoms in total. The van der Waals surface area contributed by atoms with Crippen LogP contribution in [0.2, 0.25) is 0 Å². The molecule has 31 heavy (non-hydrogen) atoms. The van der Waals surface area contributed by atoms with Gasteiger partial charge in [0, 0.05) is 50.0 Å². The van der Waals surface area contributed by atoms with E-state index in [0.717, 1.165) is 45.8 Å². The molecule has 0 amide bonds. The molecule has 2 heterocycles. The first-order valence-corrected chi connectivity index (χ1v) is 10.5. The standard InChI is InChI=1S/C25H29N3O3/c1-27(2)24-13-19-20(14-26-24)25(29)28(3)15-21(19)17-11-22(30-4)18(23(12-17)31-5)10-9-16-7-6-8-16/h9,11-15H,6-8,10H2,1-5H3. The minimum Gasteiger partial charge on any atom is -0.496 e. The van der Waals surface area contributed by atoms with Crippen molar-refractivity contribution in [3.8, 4) is 22.6 Å². The van der Waals surface area contributed by atoms with E-state index in [4.69, 9.17) is 9.47 Å². The van der Waals surface area contributed by atoms with Crippen LogP contribution in [0.1, 0.15) is 24.8 Å². The molecule has 0 aliphatic heterocycles. The zero-order chi connectivity index (χ0) is 22.1. The van der Waals surface area contributed by atoms with Gasteiger partial charge in [-0.15, -0.1) is 0 Å². The van der Waals surface area contributed by atoms with Gasteiger partial charge in [0.15, 0.2) is 0 Å². The minimum absolute atomic E-state index is 0.0702. The topological polar surface area (TPSA) is 56.6 Å². The van der Waals surface area contributed by atoms with Gasteiger partial charge in [-0.25, -0.2) is 4.98 Å². The molecule has 0 N–H and O–H groups in total. The van der Waals surface area contributed by atoms with Crippen molar-refractivity contribution in [2.75, 3.05) is 33.2 Å². The van der Waals surface area contributed by atoms with Crippen LogP contribution < -0.4 is 19.9 Å². The van der Waals surface area contributed by atoms with Crippen molar-refractivity contribution in [3.63, 3.8) is 0 Å². The summed E-state index contributed by atoms with van der Waals surface area (Å²) in [6.45, 7) is 0. The van der Waals surface area contributed by atoms with E-state index in [1.54, 1.807) is 32.0 Å². The van der Waals surface area contributed by atoms with Gasteiger partial charge in [-0.2, -0.15) is 0 Å². The van der Waals surface area contributed by atoms with E-state index in [-0.39, 0.29) is 5.56 Å². The second-order valence-corrected chi connectivity index (χ2v) is 8.22. The Hall–Kier alpha value is -3.28. The van der Waals surface area contributed by atoms with Gasteiger partial charge in [0.25, 0.3) is 5.56 Å². The smallest absolute Gasteiger partial charge is 0.259 e. The van der Waals surface area contributed by atoms with Gasteiger partial charge in [0.05, 0.1) is 19.6 Å². The number of pyridine rings is 2. The highest BCUT2D eigenvalue weighted by Crippen LogP contribution is 2.38. The molecule has 0 unspecified atom stereocenters. The summed E-state index contributed by atoms with van der Waals surface area (Å²) in [5, 5.41) is 1.44. The molecule has 1 aliphatic rings. The summed E-state index contributed by atoms with van der Waals surface area (Å²) >= 11 is 0. The number of aryl methyl sites for hydroxylation is 1. The fraction of sp³-hybridized carbons (Fsp3) is 0.360. The highest BCUT2D eigenvalue weighted by Gasteiger charge is 2.17. The van der Waals surface area contributed by atoms with E-state index >= 15 is 0 Å². The third-order valence-electron chi connectivity index (χ3n) is 6.02. The first-order chi connectivity index (χ1) is 14.9. The van der Waals surface area contributed by atoms with Crippen LogP contribution in [0.15, 0.2) is 47.0 Å². The predicted octanol–water partition coefficient (Wildman–Crippen LogP) is 4.34. The summed E-state index contributed by atoms with van der Waals surface area (Å²) in [7, 11) is 9.01. The van der Waals surface area contributed by atoms with Crippen LogP contribution in [0.3, 0.4) is 0 Å². The Morgan fingerprint density at radius 1 is 1.10 bits per heavy atom. The van der Waals surface area contributed by atoms with Gasteiger partial charge >= 0.3 is 0 Å². The minimum atomic E-state index is -0.0702. The second-order valence-electron chi connectivity index (χ2n) is 8.22. The van der Waals surface area contributed by atoms with E-state index in [0.29, 0.717) is 5.39 Å². The first-order valence-electron chi connectivity index (χ1n) is 10.5. The first kappa shape index (κ1) is 21.0. The summed E-state index contributed by atoms with van der Waals surface area (Å²) < 4.78 is 13.1. The number of anilines is 1. The van der Waals surface area contributed by atoms with E-state index in [1.165, 1.54) is 24.8 Å². The molecular formula is C25H29N3O3. The molecule has 0 bridgehead atoms. The lowest BCUT2D eigenvalue weighted by Gasteiger charge is -2.19. The van der Waals surface area contributed by atoms with Crippen molar-refractivity contribution in [2.45, 2.75) is 25.7 Å². The molecule has 0 atom stereocenters. The molecule has 1 saturated carbocycles. The van der Waals surface area contributed by atoms with E-state index in [2.05, 4.69) is 11.1 Å². The summed E-state index contributed by atoms with van der Waals surface area (Å²) in [5.74, 6) is 2.37. The maximum Gasteiger partial charge on any atom is 0.259 e. The number of nitrogens with zero attached hydrogens (tertiary/aromatic N) is 3. The third kappa shape index (κ3) is 3.90. The van der Waals surface area contributed by atoms with Crippen molar-refractivity contribution >= 4 is 16.6 Å². The van der Waals surface area contributed by atoms with Crippen LogP contribution in [0.25, 0.3) is 21.9 Å². The molecule has 1 fully saturated rings. The van der Waals surface area contributed by atoms with E-state index < -0.39 is 0 Å². The quantitative estimate of drug-likeness (QED) is 0.557. The van der Waals surface area contributed by atoms with E-state index in [1.807, 2.05) is 43.4 Å². The SMILES string of the molecule is COc1cc(-c2cn(C)c(=O)c3cnc(N(C)C)cc23)cc(OC)c1CC=C1CCC1. The summed E-state index contributed by atoms with van der Waals surface area (Å²) in [5.41, 5.74) is 4.34. The molecule has 0 radical (unpaired) electrons. The Balaban J connectivity index is 1.91. The summed E-state index contributed by atoms with van der Waals surface area (Å²) in [4.78, 5) is 19.1. The molecule has 162 valence electrons. The number of methoxy groups -OCH3 is 2. The van der Waals surface area contributed by atoms with Crippen molar-refractivity contribution in [2.24, 2.45) is 7.05 Å². The molecule has 6 heteroatoms. The Kier molecular flexibility index (Phi) is 5.72. The summed E-state index contributed by atoms with van der Waals surface area (Å²) in [6.07, 6.45) is 10.3. The van der Waals surface area contributed by atoms with Crippen molar-refractivity contribution in [3.05, 3.63) is 58.2 Å². The Bertz CT molecular complexity index is 1190. The van der Waals surface area contributed by atoms with Crippen molar-refractivity contribution in [1.29, 1.82) is 0 Å². The van der Waals surface area contributed by atoms with Crippen molar-refractivity contribution in [1.82, 2.24) is 9.55 Å². The van der Waals surface area contributed by atoms with Gasteiger partial charge in [0.2, 0.25) is 0 Å². The highest BCUT2D eigenvalue weighted by atomic mass is 16.5. The molecule has 4 rings (SSSR count). The molecule has 3 aromatic rings. The number of hydrogen-bond acceptors (Lipinski definition) is 5. The largest absolute Gasteiger partial charge is 0.496 e. The molecule has 0 saturated heterocycles. The number of ether oxygens (including phenoxy) is 2. The fourth-order valence-electron chi connectivity index (χ4n) is 4.00. The normalized spacial score (nSPS) is 13.1. The zero-order valence-electron chi connectivity index (χ0n) is 18.9. The fourth-order valence-corrected chi connectivity index (χ4v) is 4.00. The van der Waals surface area contributed by atoms with Crippen molar-refractivity contribution < 1.29 is 9.47 Å². The molecular weight excluding hydrogens is 390 g/mol. The van der Waals surface area contributed by atoms with Gasteiger partial charge in [-0.1, -0.05) is 11.6 Å². The Labute approximate surface area is 182 Å². The third-order valence-corrected chi connectivity index (χ3v) is 6.02. The second kappa shape index (κ2) is 8.46. The number of rotatable bonds is 6. The average molecular weight is 420 g/mol. The monoisotopic (exact) mass is 419 g/mol. The average Bonchev–Trinajstić information content (AvgIpc) is 2.74. The Morgan fingerprint density at radius 3 is 2.32 bits per heavy atom. The van der Waals surface area contributed by atoms with Gasteiger partial charge in [-0.05, 0) is 49.4 Å². The lowest BCUT2D eigenvalue weighted by Crippen LogP contribution is -2.18. The highest BCUT2D eigenvalue weighted by molar-refractivity contribution is 5.97. The van der Waals surface area contributed by atoms with Gasteiger partial charge < -0.3 is 18.9 Å². The number of benzene rings is 1. The van der Waals surface area contributed by atoms with Crippen LogP contribution in [0, 0.1) is 0 Å². The molecule has 1 aromatic carbocycles. The molecule has 2 aromatic heterocycles. The van der Waals surface area contributed by atoms with Crippen LogP contribution in [0.4, 0.5) is 5.82 Å². The van der Waals surface area contributed by atoms with Crippen LogP contribution in [-0.2, 0) is 13.5 Å². The van der Waals surface area contributed by atoms with Crippen LogP contribution in [0.5, 0.6) is 11.5 Å². The number of fused-ring (bicyclic) bond motifs is 1. The molecule has 0 spiro atoms. The number of hydrogen-bond donors (Lipinski definition) is 0. The van der Waals surface area contributed by atoms with Crippen LogP contribution >= 0.6 is 0 Å².